The molecule has 0 fully saturated rings. The highest BCUT2D eigenvalue weighted by Gasteiger charge is 2.21. The normalized spacial score (nSPS) is 18.3. The Bertz CT molecular complexity index is 557. The van der Waals surface area contributed by atoms with Crippen molar-refractivity contribution in [2.24, 2.45) is 0 Å². The van der Waals surface area contributed by atoms with Crippen LogP contribution in [0.15, 0.2) is 22.9 Å². The minimum Gasteiger partial charge on any atom is -0.361 e. The van der Waals surface area contributed by atoms with E-state index in [1.807, 2.05) is 26.1 Å². The van der Waals surface area contributed by atoms with Crippen LogP contribution in [0, 0.1) is 13.8 Å². The van der Waals surface area contributed by atoms with Gasteiger partial charge in [-0.1, -0.05) is 11.2 Å². The Morgan fingerprint density at radius 3 is 3.11 bits per heavy atom. The highest BCUT2D eigenvalue weighted by molar-refractivity contribution is 5.26. The molecule has 0 saturated heterocycles. The molecule has 2 aromatic rings. The number of pyridine rings is 1. The Balaban J connectivity index is 1.75. The molecule has 4 heteroatoms. The number of aromatic nitrogens is 2. The first-order valence-electron chi connectivity index (χ1n) is 6.84. The number of hydrogen-bond acceptors (Lipinski definition) is 4. The molecule has 4 nitrogen and oxygen atoms in total. The Morgan fingerprint density at radius 2 is 2.32 bits per heavy atom. The van der Waals surface area contributed by atoms with E-state index in [1.165, 1.54) is 23.2 Å². The van der Waals surface area contributed by atoms with Gasteiger partial charge in [-0.2, -0.15) is 0 Å². The van der Waals surface area contributed by atoms with Gasteiger partial charge < -0.3 is 9.84 Å². The number of aryl methyl sites for hydroxylation is 3. The lowest BCUT2D eigenvalue weighted by atomic mass is 9.92. The van der Waals surface area contributed by atoms with Gasteiger partial charge in [0, 0.05) is 18.3 Å². The fraction of sp³-hybridized carbons (Fsp3) is 0.467. The molecular formula is C15H19N3O. The molecule has 1 unspecified atom stereocenters. The third-order valence-corrected chi connectivity index (χ3v) is 3.90. The number of hydrogen-bond donors (Lipinski definition) is 1. The lowest BCUT2D eigenvalue weighted by Crippen LogP contribution is -2.26. The van der Waals surface area contributed by atoms with E-state index in [9.17, 15) is 0 Å². The molecule has 3 rings (SSSR count). The van der Waals surface area contributed by atoms with Crippen molar-refractivity contribution in [1.82, 2.24) is 15.5 Å². The summed E-state index contributed by atoms with van der Waals surface area (Å²) in [4.78, 5) is 4.54. The molecule has 1 aliphatic rings. The van der Waals surface area contributed by atoms with Gasteiger partial charge in [-0.15, -0.1) is 0 Å². The van der Waals surface area contributed by atoms with Crippen LogP contribution in [0.1, 0.15) is 47.2 Å². The second kappa shape index (κ2) is 5.13. The van der Waals surface area contributed by atoms with Gasteiger partial charge in [0.25, 0.3) is 0 Å². The SMILES string of the molecule is Cc1noc(C)c1CNC1CCCc2cccnc21. The van der Waals surface area contributed by atoms with Crippen LogP contribution in [0.25, 0.3) is 0 Å². The lowest BCUT2D eigenvalue weighted by Gasteiger charge is -2.25. The fourth-order valence-corrected chi connectivity index (χ4v) is 2.79. The van der Waals surface area contributed by atoms with E-state index in [0.717, 1.165) is 30.8 Å². The van der Waals surface area contributed by atoms with Crippen LogP contribution >= 0.6 is 0 Å². The number of rotatable bonds is 3. The molecule has 0 aromatic carbocycles. The average molecular weight is 257 g/mol. The van der Waals surface area contributed by atoms with Gasteiger partial charge in [-0.3, -0.25) is 4.98 Å². The summed E-state index contributed by atoms with van der Waals surface area (Å²) in [6.07, 6.45) is 5.40. The molecule has 2 aromatic heterocycles. The summed E-state index contributed by atoms with van der Waals surface area (Å²) in [5.74, 6) is 0.905. The van der Waals surface area contributed by atoms with Crippen molar-refractivity contribution in [3.8, 4) is 0 Å². The van der Waals surface area contributed by atoms with Crippen LogP contribution in [0.5, 0.6) is 0 Å². The molecule has 1 aliphatic carbocycles. The van der Waals surface area contributed by atoms with Gasteiger partial charge in [-0.25, -0.2) is 0 Å². The summed E-state index contributed by atoms with van der Waals surface area (Å²) in [6.45, 7) is 4.74. The second-order valence-electron chi connectivity index (χ2n) is 5.18. The minimum atomic E-state index is 0.346. The van der Waals surface area contributed by atoms with Gasteiger partial charge in [0.1, 0.15) is 5.76 Å². The molecule has 0 saturated carbocycles. The molecule has 19 heavy (non-hydrogen) atoms. The van der Waals surface area contributed by atoms with Crippen molar-refractivity contribution >= 4 is 0 Å². The Hall–Kier alpha value is -1.68. The number of nitrogens with zero attached hydrogens (tertiary/aromatic N) is 2. The fourth-order valence-electron chi connectivity index (χ4n) is 2.79. The van der Waals surface area contributed by atoms with Crippen molar-refractivity contribution in [3.05, 3.63) is 46.6 Å². The summed E-state index contributed by atoms with van der Waals surface area (Å²) < 4.78 is 5.20. The predicted octanol–water partition coefficient (Wildman–Crippen LogP) is 2.85. The van der Waals surface area contributed by atoms with E-state index in [4.69, 9.17) is 4.52 Å². The van der Waals surface area contributed by atoms with Crippen LogP contribution in [-0.4, -0.2) is 10.1 Å². The number of nitrogens with one attached hydrogen (secondary N) is 1. The molecule has 1 N–H and O–H groups in total. The standard InChI is InChI=1S/C15H19N3O/c1-10-13(11(2)19-18-10)9-17-14-7-3-5-12-6-4-8-16-15(12)14/h4,6,8,14,17H,3,5,7,9H2,1-2H3. The van der Waals surface area contributed by atoms with Crippen LogP contribution in [-0.2, 0) is 13.0 Å². The maximum atomic E-state index is 5.20. The zero-order valence-corrected chi connectivity index (χ0v) is 11.4. The number of fused-ring (bicyclic) bond motifs is 1. The first-order valence-corrected chi connectivity index (χ1v) is 6.84. The highest BCUT2D eigenvalue weighted by Crippen LogP contribution is 2.28. The Kier molecular flexibility index (Phi) is 3.34. The first-order chi connectivity index (χ1) is 9.25. The van der Waals surface area contributed by atoms with E-state index in [1.54, 1.807) is 0 Å². The summed E-state index contributed by atoms with van der Waals surface area (Å²) in [5.41, 5.74) is 4.73. The molecule has 0 spiro atoms. The van der Waals surface area contributed by atoms with Crippen molar-refractivity contribution in [2.45, 2.75) is 45.7 Å². The van der Waals surface area contributed by atoms with Crippen LogP contribution in [0.4, 0.5) is 0 Å². The smallest absolute Gasteiger partial charge is 0.138 e. The molecule has 2 heterocycles. The third-order valence-electron chi connectivity index (χ3n) is 3.90. The van der Waals surface area contributed by atoms with Gasteiger partial charge in [0.2, 0.25) is 0 Å². The predicted molar refractivity (Wildman–Crippen MR) is 72.7 cm³/mol. The lowest BCUT2D eigenvalue weighted by molar-refractivity contribution is 0.390. The van der Waals surface area contributed by atoms with Crippen LogP contribution in [0.3, 0.4) is 0 Å². The van der Waals surface area contributed by atoms with E-state index < -0.39 is 0 Å². The van der Waals surface area contributed by atoms with Crippen molar-refractivity contribution in [3.63, 3.8) is 0 Å². The third kappa shape index (κ3) is 2.40. The van der Waals surface area contributed by atoms with Crippen molar-refractivity contribution in [1.29, 1.82) is 0 Å². The van der Waals surface area contributed by atoms with E-state index in [0.29, 0.717) is 6.04 Å². The molecule has 0 radical (unpaired) electrons. The monoisotopic (exact) mass is 257 g/mol. The van der Waals surface area contributed by atoms with Crippen molar-refractivity contribution < 1.29 is 4.52 Å². The summed E-state index contributed by atoms with van der Waals surface area (Å²) in [6, 6.07) is 4.56. The van der Waals surface area contributed by atoms with Gasteiger partial charge >= 0.3 is 0 Å². The quantitative estimate of drug-likeness (QED) is 0.918. The summed E-state index contributed by atoms with van der Waals surface area (Å²) in [7, 11) is 0. The van der Waals surface area contributed by atoms with Gasteiger partial charge in [0.15, 0.2) is 0 Å². The maximum absolute atomic E-state index is 5.20. The molecule has 0 aliphatic heterocycles. The Labute approximate surface area is 113 Å². The van der Waals surface area contributed by atoms with E-state index >= 15 is 0 Å². The molecule has 0 amide bonds. The molecular weight excluding hydrogens is 238 g/mol. The molecule has 1 atom stereocenters. The Morgan fingerprint density at radius 1 is 1.42 bits per heavy atom. The summed E-state index contributed by atoms with van der Waals surface area (Å²) >= 11 is 0. The second-order valence-corrected chi connectivity index (χ2v) is 5.18. The summed E-state index contributed by atoms with van der Waals surface area (Å²) in [5, 5.41) is 7.59. The highest BCUT2D eigenvalue weighted by atomic mass is 16.5. The first kappa shape index (κ1) is 12.4. The van der Waals surface area contributed by atoms with Gasteiger partial charge in [-0.05, 0) is 44.7 Å². The van der Waals surface area contributed by atoms with E-state index in [2.05, 4.69) is 21.5 Å². The van der Waals surface area contributed by atoms with Gasteiger partial charge in [0.05, 0.1) is 17.4 Å². The zero-order chi connectivity index (χ0) is 13.2. The largest absolute Gasteiger partial charge is 0.361 e. The van der Waals surface area contributed by atoms with Crippen LogP contribution < -0.4 is 5.32 Å². The average Bonchev–Trinajstić information content (AvgIpc) is 2.76. The molecule has 0 bridgehead atoms. The van der Waals surface area contributed by atoms with Crippen molar-refractivity contribution in [2.75, 3.05) is 0 Å². The maximum Gasteiger partial charge on any atom is 0.138 e. The minimum absolute atomic E-state index is 0.346. The van der Waals surface area contributed by atoms with Crippen LogP contribution in [0.2, 0.25) is 0 Å². The van der Waals surface area contributed by atoms with E-state index in [-0.39, 0.29) is 0 Å². The molecule has 100 valence electrons. The zero-order valence-electron chi connectivity index (χ0n) is 11.4. The topological polar surface area (TPSA) is 51.0 Å².